The fourth-order valence-electron chi connectivity index (χ4n) is 2.74. The van der Waals surface area contributed by atoms with E-state index >= 15 is 0 Å². The summed E-state index contributed by atoms with van der Waals surface area (Å²) in [5.41, 5.74) is 2.18. The SMILES string of the molecule is Cc1ccccc1-c1nnc(SC(C)C(=O)Nc2ccnn2C(C)C)n1C. The maximum atomic E-state index is 12.6. The van der Waals surface area contributed by atoms with E-state index in [0.29, 0.717) is 11.0 Å². The molecule has 1 aromatic carbocycles. The highest BCUT2D eigenvalue weighted by molar-refractivity contribution is 8.00. The first-order chi connectivity index (χ1) is 12.9. The number of hydrogen-bond donors (Lipinski definition) is 1. The average molecular weight is 385 g/mol. The minimum atomic E-state index is -0.326. The van der Waals surface area contributed by atoms with Gasteiger partial charge in [0, 0.05) is 24.7 Å². The van der Waals surface area contributed by atoms with Gasteiger partial charge in [-0.3, -0.25) is 4.79 Å². The van der Waals surface area contributed by atoms with Crippen LogP contribution in [0.1, 0.15) is 32.4 Å². The number of carbonyl (C=O) groups is 1. The second-order valence-corrected chi connectivity index (χ2v) is 7.99. The van der Waals surface area contributed by atoms with E-state index in [1.807, 2.05) is 63.6 Å². The van der Waals surface area contributed by atoms with Crippen LogP contribution in [0, 0.1) is 6.92 Å². The lowest BCUT2D eigenvalue weighted by Gasteiger charge is -2.14. The number of nitrogens with one attached hydrogen (secondary N) is 1. The second-order valence-electron chi connectivity index (χ2n) is 6.68. The second kappa shape index (κ2) is 7.96. The van der Waals surface area contributed by atoms with Crippen molar-refractivity contribution < 1.29 is 4.79 Å². The maximum Gasteiger partial charge on any atom is 0.238 e. The summed E-state index contributed by atoms with van der Waals surface area (Å²) in [6, 6.07) is 10.0. The van der Waals surface area contributed by atoms with Crippen LogP contribution in [0.5, 0.6) is 0 Å². The van der Waals surface area contributed by atoms with Crippen molar-refractivity contribution in [2.75, 3.05) is 5.32 Å². The van der Waals surface area contributed by atoms with Gasteiger partial charge < -0.3 is 9.88 Å². The van der Waals surface area contributed by atoms with Crippen LogP contribution in [0.15, 0.2) is 41.7 Å². The van der Waals surface area contributed by atoms with E-state index in [2.05, 4.69) is 20.6 Å². The van der Waals surface area contributed by atoms with Gasteiger partial charge >= 0.3 is 0 Å². The third-order valence-corrected chi connectivity index (χ3v) is 5.42. The first kappa shape index (κ1) is 19.2. The first-order valence-electron chi connectivity index (χ1n) is 8.85. The van der Waals surface area contributed by atoms with Crippen LogP contribution in [0.2, 0.25) is 0 Å². The molecule has 1 unspecified atom stereocenters. The van der Waals surface area contributed by atoms with Gasteiger partial charge in [0.1, 0.15) is 5.82 Å². The standard InChI is InChI=1S/C19H24N6OS/c1-12(2)25-16(10-11-20-25)21-18(26)14(4)27-19-23-22-17(24(19)5)15-9-7-6-8-13(15)3/h6-12,14H,1-5H3,(H,21,26). The third-order valence-electron chi connectivity index (χ3n) is 4.28. The number of anilines is 1. The Morgan fingerprint density at radius 2 is 1.89 bits per heavy atom. The molecule has 8 heteroatoms. The van der Waals surface area contributed by atoms with E-state index in [1.54, 1.807) is 16.9 Å². The van der Waals surface area contributed by atoms with E-state index in [-0.39, 0.29) is 17.2 Å². The number of thioether (sulfide) groups is 1. The zero-order valence-electron chi connectivity index (χ0n) is 16.2. The zero-order valence-corrected chi connectivity index (χ0v) is 17.0. The molecule has 142 valence electrons. The Labute approximate surface area is 163 Å². The highest BCUT2D eigenvalue weighted by Crippen LogP contribution is 2.27. The van der Waals surface area contributed by atoms with Crippen molar-refractivity contribution in [1.29, 1.82) is 0 Å². The Balaban J connectivity index is 1.73. The van der Waals surface area contributed by atoms with Gasteiger partial charge in [-0.15, -0.1) is 10.2 Å². The summed E-state index contributed by atoms with van der Waals surface area (Å²) in [5, 5.41) is 16.2. The molecule has 2 aromatic heterocycles. The van der Waals surface area contributed by atoms with Crippen LogP contribution >= 0.6 is 11.8 Å². The number of amides is 1. The normalized spacial score (nSPS) is 12.4. The molecule has 1 amide bonds. The molecule has 7 nitrogen and oxygen atoms in total. The largest absolute Gasteiger partial charge is 0.310 e. The average Bonchev–Trinajstić information content (AvgIpc) is 3.23. The number of nitrogens with zero attached hydrogens (tertiary/aromatic N) is 5. The van der Waals surface area contributed by atoms with Gasteiger partial charge in [-0.05, 0) is 33.3 Å². The summed E-state index contributed by atoms with van der Waals surface area (Å²) in [5.74, 6) is 1.39. The van der Waals surface area contributed by atoms with Crippen molar-refractivity contribution >= 4 is 23.5 Å². The molecule has 0 aliphatic rings. The molecule has 1 N–H and O–H groups in total. The number of aromatic nitrogens is 5. The van der Waals surface area contributed by atoms with Gasteiger partial charge in [0.25, 0.3) is 0 Å². The molecule has 0 saturated heterocycles. The Kier molecular flexibility index (Phi) is 5.65. The van der Waals surface area contributed by atoms with E-state index in [1.165, 1.54) is 11.8 Å². The molecule has 2 heterocycles. The third kappa shape index (κ3) is 4.05. The summed E-state index contributed by atoms with van der Waals surface area (Å²) >= 11 is 1.38. The lowest BCUT2D eigenvalue weighted by Crippen LogP contribution is -2.25. The quantitative estimate of drug-likeness (QED) is 0.656. The Morgan fingerprint density at radius 1 is 1.15 bits per heavy atom. The lowest BCUT2D eigenvalue weighted by atomic mass is 10.1. The zero-order chi connectivity index (χ0) is 19.6. The predicted octanol–water partition coefficient (Wildman–Crippen LogP) is 3.69. The van der Waals surface area contributed by atoms with Gasteiger partial charge in [-0.1, -0.05) is 36.0 Å². The minimum absolute atomic E-state index is 0.0946. The van der Waals surface area contributed by atoms with Crippen LogP contribution < -0.4 is 5.32 Å². The Bertz CT molecular complexity index is 945. The van der Waals surface area contributed by atoms with Crippen molar-refractivity contribution in [2.24, 2.45) is 7.05 Å². The van der Waals surface area contributed by atoms with Crippen molar-refractivity contribution in [2.45, 2.75) is 44.1 Å². The predicted molar refractivity (Wildman–Crippen MR) is 108 cm³/mol. The minimum Gasteiger partial charge on any atom is -0.310 e. The van der Waals surface area contributed by atoms with Crippen molar-refractivity contribution in [3.63, 3.8) is 0 Å². The summed E-state index contributed by atoms with van der Waals surface area (Å²) in [7, 11) is 1.92. The molecule has 1 atom stereocenters. The topological polar surface area (TPSA) is 77.6 Å². The number of aryl methyl sites for hydroxylation is 1. The van der Waals surface area contributed by atoms with Gasteiger partial charge in [-0.25, -0.2) is 4.68 Å². The van der Waals surface area contributed by atoms with E-state index in [9.17, 15) is 4.79 Å². The van der Waals surface area contributed by atoms with Gasteiger partial charge in [0.05, 0.1) is 11.4 Å². The Morgan fingerprint density at radius 3 is 2.59 bits per heavy atom. The first-order valence-corrected chi connectivity index (χ1v) is 9.73. The van der Waals surface area contributed by atoms with Crippen LogP contribution in [0.25, 0.3) is 11.4 Å². The summed E-state index contributed by atoms with van der Waals surface area (Å²) < 4.78 is 3.71. The number of carbonyl (C=O) groups excluding carboxylic acids is 1. The van der Waals surface area contributed by atoms with Gasteiger partial charge in [0.15, 0.2) is 11.0 Å². The lowest BCUT2D eigenvalue weighted by molar-refractivity contribution is -0.115. The van der Waals surface area contributed by atoms with Crippen LogP contribution in [-0.2, 0) is 11.8 Å². The van der Waals surface area contributed by atoms with Gasteiger partial charge in [0.2, 0.25) is 5.91 Å². The molecular weight excluding hydrogens is 360 g/mol. The van der Waals surface area contributed by atoms with Crippen LogP contribution in [0.3, 0.4) is 0 Å². The summed E-state index contributed by atoms with van der Waals surface area (Å²) in [6.45, 7) is 7.95. The smallest absolute Gasteiger partial charge is 0.238 e. The number of hydrogen-bond acceptors (Lipinski definition) is 5. The number of benzene rings is 1. The van der Waals surface area contributed by atoms with Crippen molar-refractivity contribution in [3.05, 3.63) is 42.1 Å². The number of rotatable bonds is 6. The highest BCUT2D eigenvalue weighted by atomic mass is 32.2. The molecule has 0 aliphatic carbocycles. The molecule has 3 aromatic rings. The molecule has 0 bridgehead atoms. The molecule has 0 aliphatic heterocycles. The van der Waals surface area contributed by atoms with E-state index in [4.69, 9.17) is 0 Å². The van der Waals surface area contributed by atoms with Crippen molar-refractivity contribution in [3.8, 4) is 11.4 Å². The summed E-state index contributed by atoms with van der Waals surface area (Å²) in [6.07, 6.45) is 1.69. The molecular formula is C19H24N6OS. The monoisotopic (exact) mass is 384 g/mol. The molecule has 3 rings (SSSR count). The fourth-order valence-corrected chi connectivity index (χ4v) is 3.55. The highest BCUT2D eigenvalue weighted by Gasteiger charge is 2.21. The molecule has 0 saturated carbocycles. The molecule has 0 fully saturated rings. The van der Waals surface area contributed by atoms with Crippen LogP contribution in [-0.4, -0.2) is 35.7 Å². The summed E-state index contributed by atoms with van der Waals surface area (Å²) in [4.78, 5) is 12.6. The van der Waals surface area contributed by atoms with Gasteiger partial charge in [-0.2, -0.15) is 5.10 Å². The van der Waals surface area contributed by atoms with Crippen molar-refractivity contribution in [1.82, 2.24) is 24.5 Å². The molecule has 0 radical (unpaired) electrons. The maximum absolute atomic E-state index is 12.6. The van der Waals surface area contributed by atoms with Crippen LogP contribution in [0.4, 0.5) is 5.82 Å². The molecule has 0 spiro atoms. The van der Waals surface area contributed by atoms with E-state index in [0.717, 1.165) is 17.0 Å². The van der Waals surface area contributed by atoms with E-state index < -0.39 is 0 Å². The molecule has 27 heavy (non-hydrogen) atoms. The fraction of sp³-hybridized carbons (Fsp3) is 0.368. The Hall–Kier alpha value is -2.61.